The number of nitrogens with one attached hydrogen (secondary N) is 1. The highest BCUT2D eigenvalue weighted by Gasteiger charge is 2.16. The third kappa shape index (κ3) is 2.15. The summed E-state index contributed by atoms with van der Waals surface area (Å²) in [7, 11) is 0. The summed E-state index contributed by atoms with van der Waals surface area (Å²) in [6, 6.07) is 7.99. The van der Waals surface area contributed by atoms with E-state index in [9.17, 15) is 0 Å². The number of pyridine rings is 1. The average molecular weight is 235 g/mol. The number of aliphatic imine (C=N–C) groups is 1. The van der Waals surface area contributed by atoms with E-state index in [1.54, 1.807) is 0 Å². The molecule has 0 aromatic carbocycles. The quantitative estimate of drug-likeness (QED) is 0.749. The molecule has 0 radical (unpaired) electrons. The number of aromatic amines is 1. The number of fused-ring (bicyclic) bond motifs is 2. The zero-order chi connectivity index (χ0) is 12.2. The molecule has 3 heterocycles. The molecule has 2 aliphatic rings. The Bertz CT molecular complexity index is 602. The maximum Gasteiger partial charge on any atom is 0.0687 e. The first-order valence-corrected chi connectivity index (χ1v) is 5.90. The molecular formula is C15H13N3. The predicted octanol–water partition coefficient (Wildman–Crippen LogP) is 3.00. The first-order chi connectivity index (χ1) is 8.93. The lowest BCUT2D eigenvalue weighted by molar-refractivity contribution is 1.08. The molecular weight excluding hydrogens is 222 g/mol. The SMILES string of the molecule is C1=NC2=Cc3ncccc3CC2=C1.c1cc[nH]c1. The molecule has 0 amide bonds. The van der Waals surface area contributed by atoms with Crippen molar-refractivity contribution in [2.45, 2.75) is 6.42 Å². The van der Waals surface area contributed by atoms with Gasteiger partial charge in [-0.15, -0.1) is 0 Å². The Morgan fingerprint density at radius 1 is 1.11 bits per heavy atom. The zero-order valence-corrected chi connectivity index (χ0v) is 9.88. The van der Waals surface area contributed by atoms with Crippen LogP contribution in [-0.4, -0.2) is 16.2 Å². The highest BCUT2D eigenvalue weighted by molar-refractivity contribution is 5.83. The lowest BCUT2D eigenvalue weighted by Gasteiger charge is -2.12. The van der Waals surface area contributed by atoms with E-state index in [1.807, 2.05) is 49.1 Å². The van der Waals surface area contributed by atoms with E-state index >= 15 is 0 Å². The van der Waals surface area contributed by atoms with Gasteiger partial charge < -0.3 is 4.98 Å². The van der Waals surface area contributed by atoms with Gasteiger partial charge >= 0.3 is 0 Å². The number of rotatable bonds is 0. The minimum absolute atomic E-state index is 0.967. The second-order valence-corrected chi connectivity index (χ2v) is 4.11. The van der Waals surface area contributed by atoms with Crippen molar-refractivity contribution in [3.05, 3.63) is 71.5 Å². The monoisotopic (exact) mass is 235 g/mol. The smallest absolute Gasteiger partial charge is 0.0687 e. The van der Waals surface area contributed by atoms with Gasteiger partial charge in [-0.2, -0.15) is 0 Å². The molecule has 2 aromatic heterocycles. The van der Waals surface area contributed by atoms with Gasteiger partial charge in [0.05, 0.1) is 11.4 Å². The van der Waals surface area contributed by atoms with Crippen molar-refractivity contribution in [3.8, 4) is 0 Å². The Kier molecular flexibility index (Phi) is 2.88. The van der Waals surface area contributed by atoms with Gasteiger partial charge in [-0.1, -0.05) is 6.07 Å². The second-order valence-electron chi connectivity index (χ2n) is 4.11. The van der Waals surface area contributed by atoms with Crippen LogP contribution in [0, 0.1) is 0 Å². The molecule has 3 nitrogen and oxygen atoms in total. The van der Waals surface area contributed by atoms with Crippen LogP contribution in [0.3, 0.4) is 0 Å². The molecule has 4 rings (SSSR count). The number of H-pyrrole nitrogens is 1. The van der Waals surface area contributed by atoms with E-state index in [2.05, 4.69) is 27.1 Å². The van der Waals surface area contributed by atoms with Crippen molar-refractivity contribution < 1.29 is 0 Å². The number of allylic oxidation sites excluding steroid dienone is 2. The normalized spacial score (nSPS) is 14.9. The third-order valence-electron chi connectivity index (χ3n) is 2.89. The molecule has 2 aromatic rings. The molecule has 0 saturated heterocycles. The molecule has 0 saturated carbocycles. The van der Waals surface area contributed by atoms with Gasteiger partial charge in [-0.25, -0.2) is 0 Å². The molecule has 0 atom stereocenters. The van der Waals surface area contributed by atoms with Crippen molar-refractivity contribution in [2.24, 2.45) is 4.99 Å². The lowest BCUT2D eigenvalue weighted by atomic mass is 9.96. The Morgan fingerprint density at radius 3 is 2.78 bits per heavy atom. The fraction of sp³-hybridized carbons (Fsp3) is 0.0667. The van der Waals surface area contributed by atoms with E-state index in [0.29, 0.717) is 0 Å². The van der Waals surface area contributed by atoms with Gasteiger partial charge in [0.15, 0.2) is 0 Å². The van der Waals surface area contributed by atoms with Crippen LogP contribution in [0.1, 0.15) is 11.3 Å². The average Bonchev–Trinajstić information content (AvgIpc) is 3.09. The van der Waals surface area contributed by atoms with Crippen molar-refractivity contribution in [2.75, 3.05) is 0 Å². The third-order valence-corrected chi connectivity index (χ3v) is 2.89. The van der Waals surface area contributed by atoms with Gasteiger partial charge in [-0.05, 0) is 41.5 Å². The topological polar surface area (TPSA) is 41.0 Å². The number of hydrogen-bond acceptors (Lipinski definition) is 2. The molecule has 3 heteroatoms. The van der Waals surface area contributed by atoms with E-state index in [0.717, 1.165) is 17.8 Å². The van der Waals surface area contributed by atoms with Crippen LogP contribution in [0.15, 0.2) is 65.2 Å². The van der Waals surface area contributed by atoms with Gasteiger partial charge in [-0.3, -0.25) is 9.98 Å². The Hall–Kier alpha value is -2.42. The summed E-state index contributed by atoms with van der Waals surface area (Å²) in [5.74, 6) is 0. The van der Waals surface area contributed by atoms with Crippen molar-refractivity contribution in [1.82, 2.24) is 9.97 Å². The summed E-state index contributed by atoms with van der Waals surface area (Å²) in [6.45, 7) is 0. The van der Waals surface area contributed by atoms with E-state index in [1.165, 1.54) is 11.1 Å². The maximum absolute atomic E-state index is 4.30. The molecule has 18 heavy (non-hydrogen) atoms. The van der Waals surface area contributed by atoms with E-state index in [4.69, 9.17) is 0 Å². The predicted molar refractivity (Wildman–Crippen MR) is 73.3 cm³/mol. The Labute approximate surface area is 106 Å². The van der Waals surface area contributed by atoms with Crippen molar-refractivity contribution in [3.63, 3.8) is 0 Å². The van der Waals surface area contributed by atoms with Crippen LogP contribution in [0.4, 0.5) is 0 Å². The van der Waals surface area contributed by atoms with Crippen LogP contribution in [0.25, 0.3) is 6.08 Å². The van der Waals surface area contributed by atoms with Gasteiger partial charge in [0.1, 0.15) is 0 Å². The van der Waals surface area contributed by atoms with E-state index < -0.39 is 0 Å². The molecule has 1 aliphatic heterocycles. The molecule has 1 N–H and O–H groups in total. The summed E-state index contributed by atoms with van der Waals surface area (Å²) in [5, 5.41) is 0. The fourth-order valence-electron chi connectivity index (χ4n) is 2.00. The highest BCUT2D eigenvalue weighted by atomic mass is 14.8. The fourth-order valence-corrected chi connectivity index (χ4v) is 2.00. The summed E-state index contributed by atoms with van der Waals surface area (Å²) >= 11 is 0. The standard InChI is InChI=1S/C11H8N2.C4H5N/c1-2-8-6-9-3-5-13-11(9)7-10(8)12-4-1;1-2-4-5-3-1/h1-5,7H,6H2;1-5H. The van der Waals surface area contributed by atoms with Gasteiger partial charge in [0, 0.05) is 31.2 Å². The number of hydrogen-bond donors (Lipinski definition) is 1. The van der Waals surface area contributed by atoms with Crippen LogP contribution < -0.4 is 0 Å². The molecule has 88 valence electrons. The molecule has 0 fully saturated rings. The minimum Gasteiger partial charge on any atom is -0.368 e. The Morgan fingerprint density at radius 2 is 2.00 bits per heavy atom. The first-order valence-electron chi connectivity index (χ1n) is 5.90. The van der Waals surface area contributed by atoms with Crippen LogP contribution in [0.2, 0.25) is 0 Å². The molecule has 1 aliphatic carbocycles. The van der Waals surface area contributed by atoms with Gasteiger partial charge in [0.25, 0.3) is 0 Å². The van der Waals surface area contributed by atoms with Gasteiger partial charge in [0.2, 0.25) is 0 Å². The van der Waals surface area contributed by atoms with Crippen LogP contribution in [0.5, 0.6) is 0 Å². The van der Waals surface area contributed by atoms with Crippen LogP contribution in [-0.2, 0) is 6.42 Å². The first kappa shape index (κ1) is 10.7. The maximum atomic E-state index is 4.30. The number of nitrogens with zero attached hydrogens (tertiary/aromatic N) is 2. The van der Waals surface area contributed by atoms with Crippen LogP contribution >= 0.6 is 0 Å². The van der Waals surface area contributed by atoms with E-state index in [-0.39, 0.29) is 0 Å². The highest BCUT2D eigenvalue weighted by Crippen LogP contribution is 2.29. The molecule has 0 unspecified atom stereocenters. The summed E-state index contributed by atoms with van der Waals surface area (Å²) in [4.78, 5) is 11.4. The molecule has 0 spiro atoms. The Balaban J connectivity index is 0.000000169. The largest absolute Gasteiger partial charge is 0.368 e. The summed E-state index contributed by atoms with van der Waals surface area (Å²) in [6.07, 6.45) is 12.5. The molecule has 0 bridgehead atoms. The summed E-state index contributed by atoms with van der Waals surface area (Å²) in [5.41, 5.74) is 4.74. The zero-order valence-electron chi connectivity index (χ0n) is 9.88. The second kappa shape index (κ2) is 4.84. The minimum atomic E-state index is 0.967. The lowest BCUT2D eigenvalue weighted by Crippen LogP contribution is -2.01. The van der Waals surface area contributed by atoms with Crippen molar-refractivity contribution in [1.29, 1.82) is 0 Å². The summed E-state index contributed by atoms with van der Waals surface area (Å²) < 4.78 is 0. The number of aromatic nitrogens is 2. The van der Waals surface area contributed by atoms with Crippen molar-refractivity contribution >= 4 is 12.3 Å².